The fraction of sp³-hybridized carbons (Fsp3) is 0.333. The van der Waals surface area contributed by atoms with Gasteiger partial charge in [-0.05, 0) is 42.9 Å². The van der Waals surface area contributed by atoms with Crippen LogP contribution in [-0.2, 0) is 22.4 Å². The first-order valence-corrected chi connectivity index (χ1v) is 8.32. The second-order valence-corrected chi connectivity index (χ2v) is 6.58. The number of hydrogen-bond acceptors (Lipinski definition) is 5. The fourth-order valence-corrected chi connectivity index (χ4v) is 3.88. The van der Waals surface area contributed by atoms with Crippen molar-refractivity contribution < 1.29 is 29.7 Å². The first-order chi connectivity index (χ1) is 12.4. The molecule has 134 valence electrons. The highest BCUT2D eigenvalue weighted by Gasteiger charge is 2.38. The van der Waals surface area contributed by atoms with Gasteiger partial charge in [0.05, 0.1) is 23.9 Å². The number of amides is 1. The van der Waals surface area contributed by atoms with E-state index in [0.29, 0.717) is 36.2 Å². The molecule has 8 nitrogen and oxygen atoms in total. The van der Waals surface area contributed by atoms with Crippen molar-refractivity contribution in [1.29, 1.82) is 0 Å². The normalized spacial score (nSPS) is 21.2. The largest absolute Gasteiger partial charge is 0.478 e. The Balaban J connectivity index is 1.95. The first-order valence-electron chi connectivity index (χ1n) is 8.32. The van der Waals surface area contributed by atoms with Gasteiger partial charge in [0.25, 0.3) is 0 Å². The molecule has 0 bridgehead atoms. The summed E-state index contributed by atoms with van der Waals surface area (Å²) >= 11 is 0. The maximum atomic E-state index is 12.6. The van der Waals surface area contributed by atoms with E-state index < -0.39 is 23.9 Å². The SMILES string of the molecule is O=C(O)C1=CC2=CCc3c4c(nc(C(=O)O)c3N2C(=O)C1)C(O)CCC4. The standard InChI is InChI=1S/C18H16N2O6/c21-12-3-1-2-10-11-5-4-9-6-8(17(23)24)7-13(22)20(9)16(11)15(18(25)26)19-14(10)12/h4,6,12,21H,1-3,5,7H2,(H,23,24)(H,25,26). The fourth-order valence-electron chi connectivity index (χ4n) is 3.88. The van der Waals surface area contributed by atoms with E-state index in [1.54, 1.807) is 6.08 Å². The molecule has 26 heavy (non-hydrogen) atoms. The topological polar surface area (TPSA) is 128 Å². The molecule has 0 spiro atoms. The van der Waals surface area contributed by atoms with E-state index in [-0.39, 0.29) is 23.4 Å². The lowest BCUT2D eigenvalue weighted by Gasteiger charge is -2.36. The molecule has 1 unspecified atom stereocenters. The van der Waals surface area contributed by atoms with Crippen LogP contribution in [0.1, 0.15) is 52.7 Å². The maximum Gasteiger partial charge on any atom is 0.356 e. The highest BCUT2D eigenvalue weighted by Crippen LogP contribution is 2.42. The smallest absolute Gasteiger partial charge is 0.356 e. The van der Waals surface area contributed by atoms with E-state index in [0.717, 1.165) is 12.0 Å². The maximum absolute atomic E-state index is 12.6. The van der Waals surface area contributed by atoms with Crippen molar-refractivity contribution in [2.75, 3.05) is 4.90 Å². The minimum absolute atomic E-state index is 0.0285. The summed E-state index contributed by atoms with van der Waals surface area (Å²) in [7, 11) is 0. The monoisotopic (exact) mass is 356 g/mol. The third kappa shape index (κ3) is 2.33. The van der Waals surface area contributed by atoms with Crippen molar-refractivity contribution in [3.05, 3.63) is 45.9 Å². The van der Waals surface area contributed by atoms with Crippen LogP contribution in [0.5, 0.6) is 0 Å². The number of nitrogens with zero attached hydrogens (tertiary/aromatic N) is 2. The lowest BCUT2D eigenvalue weighted by molar-refractivity contribution is -0.134. The van der Waals surface area contributed by atoms with Crippen LogP contribution in [0.2, 0.25) is 0 Å². The Morgan fingerprint density at radius 1 is 1.19 bits per heavy atom. The second-order valence-electron chi connectivity index (χ2n) is 6.58. The lowest BCUT2D eigenvalue weighted by Crippen LogP contribution is -2.38. The van der Waals surface area contributed by atoms with Crippen LogP contribution in [0, 0.1) is 0 Å². The van der Waals surface area contributed by atoms with Crippen LogP contribution in [0.4, 0.5) is 5.69 Å². The Morgan fingerprint density at radius 3 is 2.65 bits per heavy atom. The summed E-state index contributed by atoms with van der Waals surface area (Å²) in [5, 5.41) is 29.0. The molecule has 1 aromatic heterocycles. The minimum atomic E-state index is -1.29. The molecule has 0 saturated carbocycles. The number of anilines is 1. The van der Waals surface area contributed by atoms with E-state index in [1.165, 1.54) is 11.0 Å². The van der Waals surface area contributed by atoms with Crippen molar-refractivity contribution in [3.8, 4) is 0 Å². The number of pyridine rings is 1. The lowest BCUT2D eigenvalue weighted by atomic mass is 9.85. The third-order valence-electron chi connectivity index (χ3n) is 5.02. The minimum Gasteiger partial charge on any atom is -0.478 e. The van der Waals surface area contributed by atoms with Crippen molar-refractivity contribution in [2.45, 2.75) is 38.2 Å². The molecule has 1 amide bonds. The number of carbonyl (C=O) groups excluding carboxylic acids is 1. The van der Waals surface area contributed by atoms with Crippen LogP contribution in [0.3, 0.4) is 0 Å². The van der Waals surface area contributed by atoms with Crippen LogP contribution in [0.25, 0.3) is 0 Å². The van der Waals surface area contributed by atoms with E-state index in [4.69, 9.17) is 0 Å². The van der Waals surface area contributed by atoms with Crippen molar-refractivity contribution in [1.82, 2.24) is 4.98 Å². The van der Waals surface area contributed by atoms with Crippen molar-refractivity contribution in [3.63, 3.8) is 0 Å². The molecule has 0 aromatic carbocycles. The number of aliphatic carboxylic acids is 1. The van der Waals surface area contributed by atoms with Crippen LogP contribution < -0.4 is 4.90 Å². The number of rotatable bonds is 2. The number of aromatic nitrogens is 1. The second kappa shape index (κ2) is 5.77. The van der Waals surface area contributed by atoms with E-state index in [9.17, 15) is 29.7 Å². The zero-order valence-electron chi connectivity index (χ0n) is 13.7. The van der Waals surface area contributed by atoms with Gasteiger partial charge < -0.3 is 15.3 Å². The molecule has 2 aliphatic heterocycles. The van der Waals surface area contributed by atoms with Gasteiger partial charge in [-0.1, -0.05) is 6.08 Å². The summed E-state index contributed by atoms with van der Waals surface area (Å²) in [6, 6.07) is 0. The quantitative estimate of drug-likeness (QED) is 0.729. The Labute approximate surface area is 148 Å². The number of carboxylic acids is 2. The number of aliphatic hydroxyl groups is 1. The zero-order chi connectivity index (χ0) is 18.6. The van der Waals surface area contributed by atoms with Gasteiger partial charge in [-0.15, -0.1) is 0 Å². The van der Waals surface area contributed by atoms with Gasteiger partial charge >= 0.3 is 11.9 Å². The number of carboxylic acid groups (broad SMARTS) is 2. The van der Waals surface area contributed by atoms with Gasteiger partial charge in [-0.25, -0.2) is 14.6 Å². The molecular formula is C18H16N2O6. The summed E-state index contributed by atoms with van der Waals surface area (Å²) in [6.45, 7) is 0. The summed E-state index contributed by atoms with van der Waals surface area (Å²) < 4.78 is 0. The summed E-state index contributed by atoms with van der Waals surface area (Å²) in [6.07, 6.45) is 4.27. The average molecular weight is 356 g/mol. The Bertz CT molecular complexity index is 930. The molecule has 1 atom stereocenters. The van der Waals surface area contributed by atoms with Gasteiger partial charge in [0.15, 0.2) is 5.69 Å². The number of allylic oxidation sites excluding steroid dienone is 2. The number of carbonyl (C=O) groups is 3. The van der Waals surface area contributed by atoms with Crippen LogP contribution >= 0.6 is 0 Å². The molecule has 0 saturated heterocycles. The molecular weight excluding hydrogens is 340 g/mol. The molecule has 1 aromatic rings. The van der Waals surface area contributed by atoms with Crippen LogP contribution in [-0.4, -0.2) is 38.1 Å². The van der Waals surface area contributed by atoms with Gasteiger partial charge in [-0.2, -0.15) is 0 Å². The molecule has 1 aliphatic carbocycles. The molecule has 0 radical (unpaired) electrons. The van der Waals surface area contributed by atoms with E-state index >= 15 is 0 Å². The zero-order valence-corrected chi connectivity index (χ0v) is 13.7. The number of fused-ring (bicyclic) bond motifs is 5. The van der Waals surface area contributed by atoms with Gasteiger partial charge in [0, 0.05) is 11.3 Å². The van der Waals surface area contributed by atoms with Gasteiger partial charge in [-0.3, -0.25) is 9.69 Å². The molecule has 3 N–H and O–H groups in total. The molecule has 3 aliphatic rings. The predicted molar refractivity (Wildman–Crippen MR) is 88.7 cm³/mol. The Hall–Kier alpha value is -3.00. The summed E-state index contributed by atoms with van der Waals surface area (Å²) in [5.41, 5.74) is 2.08. The third-order valence-corrected chi connectivity index (χ3v) is 5.02. The molecule has 0 fully saturated rings. The first kappa shape index (κ1) is 16.5. The van der Waals surface area contributed by atoms with Crippen molar-refractivity contribution in [2.24, 2.45) is 0 Å². The average Bonchev–Trinajstić information content (AvgIpc) is 2.60. The number of aromatic carboxylic acids is 1. The number of hydrogen-bond donors (Lipinski definition) is 3. The van der Waals surface area contributed by atoms with Gasteiger partial charge in [0.2, 0.25) is 5.91 Å². The predicted octanol–water partition coefficient (Wildman–Crippen LogP) is 1.34. The van der Waals surface area contributed by atoms with Gasteiger partial charge in [0.1, 0.15) is 0 Å². The summed E-state index contributed by atoms with van der Waals surface area (Å²) in [4.78, 5) is 41.1. The highest BCUT2D eigenvalue weighted by atomic mass is 16.4. The van der Waals surface area contributed by atoms with E-state index in [2.05, 4.69) is 4.98 Å². The van der Waals surface area contributed by atoms with E-state index in [1.807, 2.05) is 0 Å². The molecule has 3 heterocycles. The highest BCUT2D eigenvalue weighted by molar-refractivity contribution is 6.10. The number of aliphatic hydroxyl groups excluding tert-OH is 1. The Kier molecular flexibility index (Phi) is 3.66. The summed E-state index contributed by atoms with van der Waals surface area (Å²) in [5.74, 6) is -2.96. The Morgan fingerprint density at radius 2 is 1.96 bits per heavy atom. The molecule has 8 heteroatoms. The van der Waals surface area contributed by atoms with Crippen LogP contribution in [0.15, 0.2) is 23.4 Å². The van der Waals surface area contributed by atoms with Crippen molar-refractivity contribution >= 4 is 23.5 Å². The molecule has 4 rings (SSSR count).